The minimum atomic E-state index is -3.14. The van der Waals surface area contributed by atoms with Crippen molar-refractivity contribution >= 4 is 39.3 Å². The first kappa shape index (κ1) is 41.6. The molecule has 2 aromatic rings. The van der Waals surface area contributed by atoms with Gasteiger partial charge in [-0.05, 0) is 68.7 Å². The van der Waals surface area contributed by atoms with Crippen molar-refractivity contribution in [2.24, 2.45) is 13.0 Å². The normalized spacial score (nSPS) is 15.1. The first-order valence-corrected chi connectivity index (χ1v) is 18.5. The molecule has 3 heterocycles. The van der Waals surface area contributed by atoms with Crippen LogP contribution in [0, 0.1) is 12.8 Å². The van der Waals surface area contributed by atoms with E-state index in [9.17, 15) is 18.0 Å². The van der Waals surface area contributed by atoms with E-state index in [1.54, 1.807) is 39.1 Å². The molecule has 2 amide bonds. The number of anilines is 1. The number of halogens is 1. The average molecular weight is 691 g/mol. The van der Waals surface area contributed by atoms with E-state index in [0.717, 1.165) is 41.8 Å². The summed E-state index contributed by atoms with van der Waals surface area (Å²) >= 11 is 5.01. The highest BCUT2D eigenvalue weighted by Crippen LogP contribution is 2.29. The molecule has 0 unspecified atom stereocenters. The maximum atomic E-state index is 13.5. The standard InChI is InChI=1S/C28H38N6O4S.C3H5Cl.2C2H6/c1-6-39(37,38)33-13-11-22(12-14-33)8-10-26(35)29-16-23-7-9-25(19(2)15-23)28(36)34-18-24-17-30-32(5)27(24)31-20(3)21(34)4;1-2-3-4;2*1-2/h7,9,15,17,22,31H,3-4,6,8,10-14,16,18H2,1-2,5H3,(H,29,35);2-3H,1H3;2*1-2H3/b;3-2+;;. The second-order valence-electron chi connectivity index (χ2n) is 10.8. The fourth-order valence-electron chi connectivity index (χ4n) is 5.10. The number of sulfonamides is 1. The maximum absolute atomic E-state index is 13.5. The monoisotopic (exact) mass is 690 g/mol. The van der Waals surface area contributed by atoms with Gasteiger partial charge in [-0.3, -0.25) is 14.3 Å². The molecule has 2 aliphatic heterocycles. The van der Waals surface area contributed by atoms with Crippen LogP contribution >= 0.6 is 11.6 Å². The number of hydrogen-bond donors (Lipinski definition) is 2. The summed E-state index contributed by atoms with van der Waals surface area (Å²) in [5.74, 6) is 1.06. The van der Waals surface area contributed by atoms with Gasteiger partial charge in [-0.2, -0.15) is 5.10 Å². The second kappa shape index (κ2) is 20.7. The summed E-state index contributed by atoms with van der Waals surface area (Å²) in [7, 11) is -1.31. The molecular formula is C35H55ClN6O4S. The van der Waals surface area contributed by atoms with E-state index in [-0.39, 0.29) is 17.6 Å². The number of piperidine rings is 1. The van der Waals surface area contributed by atoms with Gasteiger partial charge in [0.1, 0.15) is 5.82 Å². The minimum Gasteiger partial charge on any atom is -0.352 e. The van der Waals surface area contributed by atoms with Crippen molar-refractivity contribution in [3.8, 4) is 0 Å². The zero-order chi connectivity index (χ0) is 35.7. The van der Waals surface area contributed by atoms with Crippen molar-refractivity contribution in [3.63, 3.8) is 0 Å². The van der Waals surface area contributed by atoms with Gasteiger partial charge in [0.25, 0.3) is 5.91 Å². The summed E-state index contributed by atoms with van der Waals surface area (Å²) in [4.78, 5) is 27.6. The molecule has 0 aliphatic carbocycles. The van der Waals surface area contributed by atoms with Gasteiger partial charge in [0, 0.05) is 44.2 Å². The van der Waals surface area contributed by atoms with Crippen LogP contribution in [0.5, 0.6) is 0 Å². The van der Waals surface area contributed by atoms with Crippen molar-refractivity contribution in [2.75, 3.05) is 24.2 Å². The van der Waals surface area contributed by atoms with Crippen LogP contribution in [0.25, 0.3) is 0 Å². The first-order valence-electron chi connectivity index (χ1n) is 16.4. The number of amides is 2. The van der Waals surface area contributed by atoms with Crippen LogP contribution in [-0.2, 0) is 35.0 Å². The van der Waals surface area contributed by atoms with E-state index in [0.29, 0.717) is 55.5 Å². The lowest BCUT2D eigenvalue weighted by molar-refractivity contribution is -0.121. The van der Waals surface area contributed by atoms with Crippen molar-refractivity contribution in [1.82, 2.24) is 24.3 Å². The molecule has 0 bridgehead atoms. The zero-order valence-corrected chi connectivity index (χ0v) is 31.1. The quantitative estimate of drug-likeness (QED) is 0.306. The molecule has 0 saturated carbocycles. The van der Waals surface area contributed by atoms with Gasteiger partial charge in [0.2, 0.25) is 15.9 Å². The van der Waals surface area contributed by atoms with Crippen LogP contribution in [0.3, 0.4) is 0 Å². The highest BCUT2D eigenvalue weighted by atomic mass is 35.5. The van der Waals surface area contributed by atoms with E-state index in [1.165, 1.54) is 5.54 Å². The molecule has 0 spiro atoms. The van der Waals surface area contributed by atoms with E-state index in [1.807, 2.05) is 60.7 Å². The molecule has 2 aliphatic rings. The molecule has 1 saturated heterocycles. The van der Waals surface area contributed by atoms with Crippen LogP contribution in [-0.4, -0.2) is 58.1 Å². The number of carbonyl (C=O) groups excluding carboxylic acids is 2. The van der Waals surface area contributed by atoms with Crippen LogP contribution in [0.1, 0.15) is 94.3 Å². The number of allylic oxidation sites excluding steroid dienone is 1. The third-order valence-corrected chi connectivity index (χ3v) is 9.91. The smallest absolute Gasteiger partial charge is 0.258 e. The number of hydrogen-bond acceptors (Lipinski definition) is 6. The van der Waals surface area contributed by atoms with Gasteiger partial charge in [0.05, 0.1) is 29.9 Å². The van der Waals surface area contributed by atoms with Gasteiger partial charge >= 0.3 is 0 Å². The molecule has 47 heavy (non-hydrogen) atoms. The number of aromatic nitrogens is 2. The molecule has 0 atom stereocenters. The van der Waals surface area contributed by atoms with Gasteiger partial charge in [0.15, 0.2) is 0 Å². The number of nitrogens with zero attached hydrogens (tertiary/aromatic N) is 4. The molecule has 4 rings (SSSR count). The first-order chi connectivity index (χ1) is 22.4. The number of aryl methyl sites for hydroxylation is 2. The fourth-order valence-corrected chi connectivity index (χ4v) is 6.23. The molecule has 10 nitrogen and oxygen atoms in total. The number of benzene rings is 1. The Morgan fingerprint density at radius 1 is 1.15 bits per heavy atom. The number of nitrogens with one attached hydrogen (secondary N) is 2. The topological polar surface area (TPSA) is 117 Å². The Labute approximate surface area is 288 Å². The fraction of sp³-hybridized carbons (Fsp3) is 0.514. The molecule has 1 aromatic carbocycles. The maximum Gasteiger partial charge on any atom is 0.258 e. The number of carbonyl (C=O) groups is 2. The van der Waals surface area contributed by atoms with E-state index >= 15 is 0 Å². The SMILES string of the molecule is C/C=C/Cl.C=C1Nc2c(cnn2C)CN(C(=O)c2ccc(CNC(=O)CCC3CCN(S(=O)(=O)CC)CC3)cc2C)C1=C.CC.CC. The van der Waals surface area contributed by atoms with E-state index < -0.39 is 10.0 Å². The van der Waals surface area contributed by atoms with Gasteiger partial charge in [-0.15, -0.1) is 0 Å². The summed E-state index contributed by atoms with van der Waals surface area (Å²) in [6.07, 6.45) is 6.23. The molecule has 2 N–H and O–H groups in total. The van der Waals surface area contributed by atoms with Crippen LogP contribution in [0.2, 0.25) is 0 Å². The summed E-state index contributed by atoms with van der Waals surface area (Å²) in [5, 5.41) is 10.4. The predicted octanol–water partition coefficient (Wildman–Crippen LogP) is 7.09. The van der Waals surface area contributed by atoms with E-state index in [4.69, 9.17) is 11.6 Å². The molecule has 0 radical (unpaired) electrons. The van der Waals surface area contributed by atoms with Gasteiger partial charge in [-0.25, -0.2) is 12.7 Å². The number of fused-ring (bicyclic) bond motifs is 1. The Hall–Kier alpha value is -3.41. The Morgan fingerprint density at radius 3 is 2.32 bits per heavy atom. The van der Waals surface area contributed by atoms with Crippen molar-refractivity contribution < 1.29 is 18.0 Å². The Balaban J connectivity index is 0.00000126. The Kier molecular flexibility index (Phi) is 18.4. The average Bonchev–Trinajstić information content (AvgIpc) is 3.37. The predicted molar refractivity (Wildman–Crippen MR) is 194 cm³/mol. The van der Waals surface area contributed by atoms with Crippen LogP contribution in [0.15, 0.2) is 60.6 Å². The van der Waals surface area contributed by atoms with Crippen molar-refractivity contribution in [1.29, 1.82) is 0 Å². The highest BCUT2D eigenvalue weighted by Gasteiger charge is 2.28. The third-order valence-electron chi connectivity index (χ3n) is 7.78. The number of rotatable bonds is 8. The summed E-state index contributed by atoms with van der Waals surface area (Å²) < 4.78 is 27.3. The molecule has 1 fully saturated rings. The molecular weight excluding hydrogens is 636 g/mol. The van der Waals surface area contributed by atoms with Gasteiger partial charge < -0.3 is 15.5 Å². The van der Waals surface area contributed by atoms with Crippen molar-refractivity contribution in [2.45, 2.75) is 87.2 Å². The highest BCUT2D eigenvalue weighted by molar-refractivity contribution is 7.89. The third kappa shape index (κ3) is 12.0. The second-order valence-corrected chi connectivity index (χ2v) is 13.3. The summed E-state index contributed by atoms with van der Waals surface area (Å²) in [6.45, 7) is 23.3. The molecule has 1 aromatic heterocycles. The lowest BCUT2D eigenvalue weighted by Crippen LogP contribution is -2.39. The minimum absolute atomic E-state index is 0.0319. The van der Waals surface area contributed by atoms with Crippen molar-refractivity contribution in [3.05, 3.63) is 82.8 Å². The van der Waals surface area contributed by atoms with Gasteiger partial charge in [-0.1, -0.05) is 70.7 Å². The molecule has 262 valence electrons. The van der Waals surface area contributed by atoms with E-state index in [2.05, 4.69) is 28.9 Å². The zero-order valence-electron chi connectivity index (χ0n) is 29.5. The lowest BCUT2D eigenvalue weighted by atomic mass is 9.93. The lowest BCUT2D eigenvalue weighted by Gasteiger charge is -2.30. The molecule has 12 heteroatoms. The Morgan fingerprint density at radius 2 is 1.77 bits per heavy atom. The largest absolute Gasteiger partial charge is 0.352 e. The summed E-state index contributed by atoms with van der Waals surface area (Å²) in [5.41, 5.74) is 5.67. The van der Waals surface area contributed by atoms with Crippen LogP contribution < -0.4 is 10.6 Å². The van der Waals surface area contributed by atoms with Crippen LogP contribution in [0.4, 0.5) is 5.82 Å². The Bertz CT molecular complexity index is 1470. The summed E-state index contributed by atoms with van der Waals surface area (Å²) in [6, 6.07) is 5.56.